The second-order valence-electron chi connectivity index (χ2n) is 14.1. The molecule has 0 spiro atoms. The molecule has 4 aliphatic carbocycles. The van der Waals surface area contributed by atoms with E-state index in [2.05, 4.69) is 58.9 Å². The van der Waals surface area contributed by atoms with Crippen molar-refractivity contribution < 1.29 is 0 Å². The molecule has 3 nitrogen and oxygen atoms in total. The average Bonchev–Trinajstić information content (AvgIpc) is 2.77. The quantitative estimate of drug-likeness (QED) is 0.454. The van der Waals surface area contributed by atoms with Crippen LogP contribution in [0.4, 0.5) is 0 Å². The zero-order valence-corrected chi connectivity index (χ0v) is 22.7. The smallest absolute Gasteiger partial charge is 0.163 e. The van der Waals surface area contributed by atoms with Gasteiger partial charge in [-0.1, -0.05) is 51.5 Å². The molecule has 0 aliphatic heterocycles. The van der Waals surface area contributed by atoms with Crippen molar-refractivity contribution in [3.05, 3.63) is 41.5 Å². The van der Waals surface area contributed by atoms with Gasteiger partial charge in [-0.3, -0.25) is 0 Å². The second kappa shape index (κ2) is 8.67. The Balaban J connectivity index is 1.47. The van der Waals surface area contributed by atoms with E-state index in [4.69, 9.17) is 15.0 Å². The summed E-state index contributed by atoms with van der Waals surface area (Å²) >= 11 is 0. The average molecular weight is 472 g/mol. The number of hydrogen-bond acceptors (Lipinski definition) is 3. The first-order valence-corrected chi connectivity index (χ1v) is 14.5. The van der Waals surface area contributed by atoms with Crippen LogP contribution in [-0.4, -0.2) is 15.0 Å². The van der Waals surface area contributed by atoms with Crippen molar-refractivity contribution in [2.75, 3.05) is 0 Å². The molecule has 1 aromatic carbocycles. The molecule has 0 amide bonds. The van der Waals surface area contributed by atoms with Crippen LogP contribution in [-0.2, 0) is 10.8 Å². The van der Waals surface area contributed by atoms with Gasteiger partial charge in [0.25, 0.3) is 0 Å². The first-order chi connectivity index (χ1) is 16.7. The van der Waals surface area contributed by atoms with Crippen molar-refractivity contribution in [2.45, 2.75) is 110 Å². The number of aryl methyl sites for hydroxylation is 1. The van der Waals surface area contributed by atoms with Crippen LogP contribution in [0.5, 0.6) is 0 Å². The molecule has 0 saturated heterocycles. The predicted octanol–water partition coefficient (Wildman–Crippen LogP) is 8.05. The first-order valence-electron chi connectivity index (χ1n) is 14.5. The van der Waals surface area contributed by atoms with Crippen LogP contribution in [0.25, 0.3) is 11.4 Å². The third-order valence-corrected chi connectivity index (χ3v) is 10.2. The Morgan fingerprint density at radius 1 is 0.686 bits per heavy atom. The molecule has 4 fully saturated rings. The molecule has 35 heavy (non-hydrogen) atoms. The lowest BCUT2D eigenvalue weighted by atomic mass is 9.56. The summed E-state index contributed by atoms with van der Waals surface area (Å²) in [6, 6.07) is 8.78. The second-order valence-corrected chi connectivity index (χ2v) is 14.1. The van der Waals surface area contributed by atoms with E-state index in [1.54, 1.807) is 0 Å². The third-order valence-electron chi connectivity index (χ3n) is 10.2. The fraction of sp³-hybridized carbons (Fsp3) is 0.719. The van der Waals surface area contributed by atoms with Crippen LogP contribution in [0.3, 0.4) is 0 Å². The van der Waals surface area contributed by atoms with Crippen LogP contribution in [0.2, 0.25) is 0 Å². The summed E-state index contributed by atoms with van der Waals surface area (Å²) in [6.07, 6.45) is 13.2. The van der Waals surface area contributed by atoms with E-state index < -0.39 is 0 Å². The standard InChI is InChI=1S/C32H45N3/c1-20-7-6-8-27(13-20)28-33-29(31(5)17-25-9-21(2)10-26(14-25)18-31)35-30(34-28)32-15-22(3)11-24(19-32)12-23(4)16-32/h6-8,13,21-26H,9-12,14-19H2,1-5H3. The minimum atomic E-state index is 0.0700. The number of hydrogen-bond donors (Lipinski definition) is 0. The number of rotatable bonds is 3. The van der Waals surface area contributed by atoms with Gasteiger partial charge >= 0.3 is 0 Å². The van der Waals surface area contributed by atoms with Crippen molar-refractivity contribution in [1.82, 2.24) is 15.0 Å². The van der Waals surface area contributed by atoms with Crippen LogP contribution < -0.4 is 0 Å². The molecule has 2 aromatic rings. The Morgan fingerprint density at radius 2 is 1.29 bits per heavy atom. The predicted molar refractivity (Wildman–Crippen MR) is 143 cm³/mol. The third kappa shape index (κ3) is 4.46. The van der Waals surface area contributed by atoms with E-state index in [9.17, 15) is 0 Å². The van der Waals surface area contributed by atoms with Crippen molar-refractivity contribution >= 4 is 0 Å². The van der Waals surface area contributed by atoms with Crippen LogP contribution in [0.15, 0.2) is 24.3 Å². The first kappa shape index (κ1) is 23.6. The largest absolute Gasteiger partial charge is 0.217 e. The minimum absolute atomic E-state index is 0.0700. The van der Waals surface area contributed by atoms with Gasteiger partial charge in [-0.15, -0.1) is 0 Å². The monoisotopic (exact) mass is 471 g/mol. The Morgan fingerprint density at radius 3 is 1.94 bits per heavy atom. The maximum absolute atomic E-state index is 5.50. The molecular weight excluding hydrogens is 426 g/mol. The topological polar surface area (TPSA) is 38.7 Å². The highest BCUT2D eigenvalue weighted by Crippen LogP contribution is 2.54. The van der Waals surface area contributed by atoms with E-state index in [-0.39, 0.29) is 10.8 Å². The molecule has 188 valence electrons. The molecule has 4 saturated carbocycles. The molecular formula is C32H45N3. The number of nitrogens with zero attached hydrogens (tertiary/aromatic N) is 3. The fourth-order valence-corrected chi connectivity index (χ4v) is 9.55. The molecule has 4 unspecified atom stereocenters. The van der Waals surface area contributed by atoms with Gasteiger partial charge < -0.3 is 0 Å². The van der Waals surface area contributed by atoms with Crippen molar-refractivity contribution in [2.24, 2.45) is 35.5 Å². The summed E-state index contributed by atoms with van der Waals surface area (Å²) in [7, 11) is 0. The minimum Gasteiger partial charge on any atom is -0.217 e. The van der Waals surface area contributed by atoms with Gasteiger partial charge in [0.2, 0.25) is 0 Å². The lowest BCUT2D eigenvalue weighted by molar-refractivity contribution is 0.0689. The highest BCUT2D eigenvalue weighted by molar-refractivity contribution is 5.56. The van der Waals surface area contributed by atoms with E-state index in [1.165, 1.54) is 69.8 Å². The van der Waals surface area contributed by atoms with Crippen molar-refractivity contribution in [1.29, 1.82) is 0 Å². The molecule has 4 aliphatic rings. The Hall–Kier alpha value is -1.77. The van der Waals surface area contributed by atoms with Crippen molar-refractivity contribution in [3.8, 4) is 11.4 Å². The molecule has 3 heteroatoms. The summed E-state index contributed by atoms with van der Waals surface area (Å²) in [4.78, 5) is 16.1. The van der Waals surface area contributed by atoms with Crippen LogP contribution >= 0.6 is 0 Å². The van der Waals surface area contributed by atoms with Gasteiger partial charge in [0.1, 0.15) is 11.6 Å². The van der Waals surface area contributed by atoms with Gasteiger partial charge in [-0.25, -0.2) is 15.0 Å². The summed E-state index contributed by atoms with van der Waals surface area (Å²) in [5.74, 6) is 8.04. The SMILES string of the molecule is Cc1cccc(-c2nc(C3(C)CC4CC(C)CC(C4)C3)nc(C34CC(C)CC(CC(C)C3)C4)n2)c1. The van der Waals surface area contributed by atoms with Crippen LogP contribution in [0.1, 0.15) is 109 Å². The zero-order valence-electron chi connectivity index (χ0n) is 22.7. The normalized spacial score (nSPS) is 40.9. The van der Waals surface area contributed by atoms with E-state index in [0.717, 1.165) is 58.5 Å². The zero-order chi connectivity index (χ0) is 24.4. The molecule has 0 N–H and O–H groups in total. The molecule has 0 radical (unpaired) electrons. The number of aromatic nitrogens is 3. The van der Waals surface area contributed by atoms with Gasteiger partial charge in [0, 0.05) is 16.4 Å². The maximum atomic E-state index is 5.50. The Kier molecular flexibility index (Phi) is 5.85. The highest BCUT2D eigenvalue weighted by Gasteiger charge is 2.49. The summed E-state index contributed by atoms with van der Waals surface area (Å²) in [6.45, 7) is 12.0. The fourth-order valence-electron chi connectivity index (χ4n) is 9.55. The van der Waals surface area contributed by atoms with E-state index in [1.807, 2.05) is 0 Å². The van der Waals surface area contributed by atoms with Gasteiger partial charge in [-0.05, 0) is 113 Å². The summed E-state index contributed by atoms with van der Waals surface area (Å²) < 4.78 is 0. The Labute approximate surface area is 213 Å². The molecule has 6 rings (SSSR count). The summed E-state index contributed by atoms with van der Waals surface area (Å²) in [5.41, 5.74) is 2.63. The highest BCUT2D eigenvalue weighted by atomic mass is 15.1. The molecule has 1 heterocycles. The van der Waals surface area contributed by atoms with Crippen LogP contribution in [0, 0.1) is 42.4 Å². The Bertz CT molecular complexity index is 1050. The number of fused-ring (bicyclic) bond motifs is 4. The summed E-state index contributed by atoms with van der Waals surface area (Å²) in [5, 5.41) is 0. The number of benzene rings is 1. The maximum Gasteiger partial charge on any atom is 0.163 e. The van der Waals surface area contributed by atoms with Crippen molar-refractivity contribution in [3.63, 3.8) is 0 Å². The molecule has 4 bridgehead atoms. The van der Waals surface area contributed by atoms with Gasteiger partial charge in [0.05, 0.1) is 0 Å². The lowest BCUT2D eigenvalue weighted by Gasteiger charge is -2.49. The molecule has 1 aromatic heterocycles. The van der Waals surface area contributed by atoms with E-state index >= 15 is 0 Å². The van der Waals surface area contributed by atoms with Gasteiger partial charge in [0.15, 0.2) is 5.82 Å². The lowest BCUT2D eigenvalue weighted by Crippen LogP contribution is -2.45. The van der Waals surface area contributed by atoms with Gasteiger partial charge in [-0.2, -0.15) is 0 Å². The van der Waals surface area contributed by atoms with E-state index in [0.29, 0.717) is 0 Å². The molecule has 4 atom stereocenters.